The van der Waals surface area contributed by atoms with Crippen LogP contribution in [0.2, 0.25) is 0 Å². The second-order valence-electron chi connectivity index (χ2n) is 3.70. The largest absolute Gasteiger partial charge is 0.366 e. The summed E-state index contributed by atoms with van der Waals surface area (Å²) >= 11 is 2.02. The molecule has 4 nitrogen and oxygen atoms in total. The zero-order valence-electron chi connectivity index (χ0n) is 7.88. The Hall–Kier alpha value is -0.590. The van der Waals surface area contributed by atoms with Crippen LogP contribution in [0.25, 0.3) is 0 Å². The topological polar surface area (TPSA) is 57.8 Å². The van der Waals surface area contributed by atoms with E-state index in [0.717, 1.165) is 0 Å². The first kappa shape index (κ1) is 9.95. The lowest BCUT2D eigenvalue weighted by Gasteiger charge is -2.34. The van der Waals surface area contributed by atoms with E-state index in [9.17, 15) is 4.79 Å². The molecular weight excluding hydrogens is 293 g/mol. The average Bonchev–Trinajstić information content (AvgIpc) is 2.18. The summed E-state index contributed by atoms with van der Waals surface area (Å²) in [7, 11) is 0. The molecule has 5 heteroatoms. The summed E-state index contributed by atoms with van der Waals surface area (Å²) in [6, 6.07) is 0.484. The first-order chi connectivity index (χ1) is 6.68. The highest BCUT2D eigenvalue weighted by Crippen LogP contribution is 2.29. The standard InChI is InChI=1S/C9H12IN3O/c1-5-2-3-6(5)13-8-7(10)9(14)12-4-11-8/h4-6H,2-3H2,1H3,(H2,11,12,13,14). The maximum Gasteiger partial charge on any atom is 0.266 e. The van der Waals surface area contributed by atoms with Crippen LogP contribution < -0.4 is 10.9 Å². The predicted octanol–water partition coefficient (Wildman–Crippen LogP) is 1.58. The predicted molar refractivity (Wildman–Crippen MR) is 63.4 cm³/mol. The molecule has 0 amide bonds. The Bertz CT molecular complexity index is 390. The summed E-state index contributed by atoms with van der Waals surface area (Å²) in [6.07, 6.45) is 3.87. The van der Waals surface area contributed by atoms with Gasteiger partial charge in [0.1, 0.15) is 9.39 Å². The Balaban J connectivity index is 2.16. The Labute approximate surface area is 95.7 Å². The summed E-state index contributed by atoms with van der Waals surface area (Å²) in [6.45, 7) is 2.21. The van der Waals surface area contributed by atoms with Crippen LogP contribution in [0.5, 0.6) is 0 Å². The van der Waals surface area contributed by atoms with Crippen molar-refractivity contribution in [2.24, 2.45) is 5.92 Å². The van der Waals surface area contributed by atoms with Gasteiger partial charge in [-0.05, 0) is 41.4 Å². The molecule has 1 aromatic heterocycles. The lowest BCUT2D eigenvalue weighted by Crippen LogP contribution is -2.37. The number of H-pyrrole nitrogens is 1. The highest BCUT2D eigenvalue weighted by Gasteiger charge is 2.27. The number of anilines is 1. The maximum atomic E-state index is 11.3. The molecule has 14 heavy (non-hydrogen) atoms. The quantitative estimate of drug-likeness (QED) is 0.816. The van der Waals surface area contributed by atoms with E-state index < -0.39 is 0 Å². The van der Waals surface area contributed by atoms with Gasteiger partial charge in [-0.3, -0.25) is 4.79 Å². The molecule has 2 rings (SSSR count). The van der Waals surface area contributed by atoms with Gasteiger partial charge in [0.2, 0.25) is 0 Å². The maximum absolute atomic E-state index is 11.3. The van der Waals surface area contributed by atoms with E-state index in [1.165, 1.54) is 19.2 Å². The molecule has 1 aliphatic carbocycles. The number of hydrogen-bond acceptors (Lipinski definition) is 3. The zero-order chi connectivity index (χ0) is 10.1. The van der Waals surface area contributed by atoms with E-state index in [2.05, 4.69) is 22.2 Å². The number of aromatic amines is 1. The number of aromatic nitrogens is 2. The van der Waals surface area contributed by atoms with Crippen LogP contribution in [0.3, 0.4) is 0 Å². The van der Waals surface area contributed by atoms with Crippen molar-refractivity contribution in [2.75, 3.05) is 5.32 Å². The molecule has 1 aliphatic rings. The van der Waals surface area contributed by atoms with Gasteiger partial charge < -0.3 is 10.3 Å². The van der Waals surface area contributed by atoms with E-state index in [1.807, 2.05) is 22.6 Å². The van der Waals surface area contributed by atoms with E-state index in [4.69, 9.17) is 0 Å². The molecule has 1 saturated carbocycles. The van der Waals surface area contributed by atoms with Crippen LogP contribution in [0.15, 0.2) is 11.1 Å². The normalized spacial score (nSPS) is 25.6. The van der Waals surface area contributed by atoms with Gasteiger partial charge in [-0.1, -0.05) is 6.92 Å². The van der Waals surface area contributed by atoms with E-state index in [1.54, 1.807) is 0 Å². The molecule has 0 radical (unpaired) electrons. The van der Waals surface area contributed by atoms with Crippen molar-refractivity contribution in [3.05, 3.63) is 20.3 Å². The third-order valence-electron chi connectivity index (χ3n) is 2.74. The molecule has 1 fully saturated rings. The van der Waals surface area contributed by atoms with Crippen molar-refractivity contribution < 1.29 is 0 Å². The fraction of sp³-hybridized carbons (Fsp3) is 0.556. The summed E-state index contributed by atoms with van der Waals surface area (Å²) < 4.78 is 0.643. The molecule has 0 spiro atoms. The Kier molecular flexibility index (Phi) is 2.76. The lowest BCUT2D eigenvalue weighted by molar-refractivity contribution is 0.303. The molecule has 0 bridgehead atoms. The molecule has 0 aliphatic heterocycles. The second-order valence-corrected chi connectivity index (χ2v) is 4.78. The summed E-state index contributed by atoms with van der Waals surface area (Å²) in [5.41, 5.74) is -0.0740. The summed E-state index contributed by atoms with van der Waals surface area (Å²) in [5, 5.41) is 3.30. The Morgan fingerprint density at radius 3 is 3.00 bits per heavy atom. The van der Waals surface area contributed by atoms with Crippen LogP contribution >= 0.6 is 22.6 Å². The first-order valence-corrected chi connectivity index (χ1v) is 5.76. The van der Waals surface area contributed by atoms with Gasteiger partial charge in [-0.25, -0.2) is 4.98 Å². The molecule has 0 aromatic carbocycles. The molecule has 76 valence electrons. The minimum atomic E-state index is -0.0740. The van der Waals surface area contributed by atoms with Gasteiger partial charge in [0.15, 0.2) is 0 Å². The SMILES string of the molecule is CC1CCC1Nc1nc[nH]c(=O)c1I. The third-order valence-corrected chi connectivity index (χ3v) is 3.74. The Morgan fingerprint density at radius 2 is 2.43 bits per heavy atom. The first-order valence-electron chi connectivity index (χ1n) is 4.68. The summed E-state index contributed by atoms with van der Waals surface area (Å²) in [4.78, 5) is 17.9. The van der Waals surface area contributed by atoms with Crippen molar-refractivity contribution in [2.45, 2.75) is 25.8 Å². The van der Waals surface area contributed by atoms with Gasteiger partial charge in [-0.2, -0.15) is 0 Å². The molecule has 2 unspecified atom stereocenters. The second kappa shape index (κ2) is 3.88. The number of hydrogen-bond donors (Lipinski definition) is 2. The fourth-order valence-electron chi connectivity index (χ4n) is 1.54. The molecule has 2 N–H and O–H groups in total. The van der Waals surface area contributed by atoms with Gasteiger partial charge in [0.25, 0.3) is 5.56 Å². The number of nitrogens with one attached hydrogen (secondary N) is 2. The van der Waals surface area contributed by atoms with Crippen molar-refractivity contribution in [1.29, 1.82) is 0 Å². The Morgan fingerprint density at radius 1 is 1.64 bits per heavy atom. The number of rotatable bonds is 2. The van der Waals surface area contributed by atoms with E-state index in [0.29, 0.717) is 21.3 Å². The third kappa shape index (κ3) is 1.77. The van der Waals surface area contributed by atoms with Crippen LogP contribution in [0, 0.1) is 9.49 Å². The molecular formula is C9H12IN3O. The smallest absolute Gasteiger partial charge is 0.266 e. The fourth-order valence-corrected chi connectivity index (χ4v) is 1.99. The average molecular weight is 305 g/mol. The van der Waals surface area contributed by atoms with Gasteiger partial charge in [0, 0.05) is 6.04 Å². The highest BCUT2D eigenvalue weighted by molar-refractivity contribution is 14.1. The van der Waals surface area contributed by atoms with Gasteiger partial charge in [-0.15, -0.1) is 0 Å². The number of halogens is 1. The molecule has 2 atom stereocenters. The minimum absolute atomic E-state index is 0.0740. The lowest BCUT2D eigenvalue weighted by atomic mass is 9.81. The summed E-state index contributed by atoms with van der Waals surface area (Å²) in [5.74, 6) is 1.40. The van der Waals surface area contributed by atoms with Crippen molar-refractivity contribution >= 4 is 28.4 Å². The van der Waals surface area contributed by atoms with Crippen molar-refractivity contribution in [3.8, 4) is 0 Å². The van der Waals surface area contributed by atoms with Crippen LogP contribution in [0.1, 0.15) is 19.8 Å². The minimum Gasteiger partial charge on any atom is -0.366 e. The van der Waals surface area contributed by atoms with Crippen molar-refractivity contribution in [3.63, 3.8) is 0 Å². The van der Waals surface area contributed by atoms with Gasteiger partial charge >= 0.3 is 0 Å². The van der Waals surface area contributed by atoms with Gasteiger partial charge in [0.05, 0.1) is 6.33 Å². The monoisotopic (exact) mass is 305 g/mol. The number of nitrogens with zero attached hydrogens (tertiary/aromatic N) is 1. The molecule has 1 heterocycles. The van der Waals surface area contributed by atoms with Crippen molar-refractivity contribution in [1.82, 2.24) is 9.97 Å². The van der Waals surface area contributed by atoms with E-state index >= 15 is 0 Å². The molecule has 1 aromatic rings. The van der Waals surface area contributed by atoms with Crippen LogP contribution in [0.4, 0.5) is 5.82 Å². The van der Waals surface area contributed by atoms with Crippen LogP contribution in [-0.4, -0.2) is 16.0 Å². The molecule has 0 saturated heterocycles. The van der Waals surface area contributed by atoms with E-state index in [-0.39, 0.29) is 5.56 Å². The highest BCUT2D eigenvalue weighted by atomic mass is 127. The zero-order valence-corrected chi connectivity index (χ0v) is 10.0. The van der Waals surface area contributed by atoms with Crippen LogP contribution in [-0.2, 0) is 0 Å².